The number of para-hydroxylation sites is 1. The van der Waals surface area contributed by atoms with Gasteiger partial charge in [-0.15, -0.1) is 0 Å². The molecule has 112 valence electrons. The van der Waals surface area contributed by atoms with E-state index >= 15 is 0 Å². The quantitative estimate of drug-likeness (QED) is 0.659. The molecule has 22 heavy (non-hydrogen) atoms. The van der Waals surface area contributed by atoms with Crippen molar-refractivity contribution in [2.24, 2.45) is 0 Å². The summed E-state index contributed by atoms with van der Waals surface area (Å²) in [5, 5.41) is 3.82. The maximum atomic E-state index is 12.5. The van der Waals surface area contributed by atoms with Crippen LogP contribution in [0.15, 0.2) is 39.5 Å². The molecular weight excluding hydrogens is 280 g/mol. The highest BCUT2D eigenvalue weighted by atomic mass is 16.3. The molecule has 0 aliphatic carbocycles. The van der Waals surface area contributed by atoms with Gasteiger partial charge in [0.05, 0.1) is 11.1 Å². The summed E-state index contributed by atoms with van der Waals surface area (Å²) < 4.78 is 5.85. The van der Waals surface area contributed by atoms with Crippen molar-refractivity contribution in [2.45, 2.75) is 0 Å². The van der Waals surface area contributed by atoms with E-state index in [2.05, 4.69) is 15.2 Å². The Labute approximate surface area is 126 Å². The summed E-state index contributed by atoms with van der Waals surface area (Å²) in [6.07, 6.45) is 0. The van der Waals surface area contributed by atoms with Gasteiger partial charge >= 0.3 is 0 Å². The lowest BCUT2D eigenvalue weighted by Gasteiger charge is -2.29. The van der Waals surface area contributed by atoms with E-state index in [0.717, 1.165) is 31.9 Å². The number of pyridine rings is 1. The van der Waals surface area contributed by atoms with Crippen LogP contribution in [-0.4, -0.2) is 31.2 Å². The molecule has 0 bridgehead atoms. The number of nitrogen functional groups attached to an aromatic ring is 1. The molecule has 6 heteroatoms. The fourth-order valence-corrected chi connectivity index (χ4v) is 2.89. The predicted octanol–water partition coefficient (Wildman–Crippen LogP) is 1.33. The lowest BCUT2D eigenvalue weighted by molar-refractivity contribution is 0.588. The molecule has 4 rings (SSSR count). The Kier molecular flexibility index (Phi) is 2.97. The third-order valence-corrected chi connectivity index (χ3v) is 4.02. The van der Waals surface area contributed by atoms with Gasteiger partial charge in [-0.25, -0.2) is 4.98 Å². The van der Waals surface area contributed by atoms with Crippen LogP contribution >= 0.6 is 0 Å². The zero-order chi connectivity index (χ0) is 15.1. The second-order valence-electron chi connectivity index (χ2n) is 5.40. The van der Waals surface area contributed by atoms with Gasteiger partial charge in [-0.05, 0) is 12.1 Å². The summed E-state index contributed by atoms with van der Waals surface area (Å²) >= 11 is 0. The van der Waals surface area contributed by atoms with E-state index in [0.29, 0.717) is 22.4 Å². The number of aromatic nitrogens is 1. The highest BCUT2D eigenvalue weighted by molar-refractivity contribution is 5.90. The summed E-state index contributed by atoms with van der Waals surface area (Å²) in [6.45, 7) is 3.52. The lowest BCUT2D eigenvalue weighted by Crippen LogP contribution is -2.43. The number of piperazine rings is 1. The summed E-state index contributed by atoms with van der Waals surface area (Å²) in [6, 6.07) is 9.01. The minimum absolute atomic E-state index is 0.143. The molecule has 1 aromatic carbocycles. The SMILES string of the molecule is Nc1nc2c(=O)c3ccccc3oc2cc1N1CCNCC1. The van der Waals surface area contributed by atoms with Gasteiger partial charge in [0.1, 0.15) is 11.4 Å². The number of nitrogens with zero attached hydrogens (tertiary/aromatic N) is 2. The van der Waals surface area contributed by atoms with E-state index in [9.17, 15) is 4.79 Å². The number of fused-ring (bicyclic) bond motifs is 2. The number of anilines is 2. The smallest absolute Gasteiger partial charge is 0.219 e. The molecule has 2 aromatic heterocycles. The molecule has 0 spiro atoms. The molecule has 0 unspecified atom stereocenters. The van der Waals surface area contributed by atoms with Crippen molar-refractivity contribution in [1.82, 2.24) is 10.3 Å². The molecule has 1 saturated heterocycles. The molecule has 1 fully saturated rings. The standard InChI is InChI=1S/C16H16N4O2/c17-16-11(20-7-5-18-6-8-20)9-13-14(19-16)15(21)10-3-1-2-4-12(10)22-13/h1-4,9,18H,5-8H2,(H2,17,19). The van der Waals surface area contributed by atoms with Crippen LogP contribution in [-0.2, 0) is 0 Å². The fraction of sp³-hybridized carbons (Fsp3) is 0.250. The van der Waals surface area contributed by atoms with Crippen molar-refractivity contribution in [3.05, 3.63) is 40.6 Å². The fourth-order valence-electron chi connectivity index (χ4n) is 2.89. The molecule has 0 radical (unpaired) electrons. The van der Waals surface area contributed by atoms with Gasteiger partial charge in [-0.3, -0.25) is 4.79 Å². The van der Waals surface area contributed by atoms with Gasteiger partial charge in [0.15, 0.2) is 11.1 Å². The Hall–Kier alpha value is -2.60. The number of hydrogen-bond donors (Lipinski definition) is 2. The van der Waals surface area contributed by atoms with Crippen molar-refractivity contribution >= 4 is 33.6 Å². The summed E-state index contributed by atoms with van der Waals surface area (Å²) in [7, 11) is 0. The van der Waals surface area contributed by atoms with Crippen molar-refractivity contribution < 1.29 is 4.42 Å². The van der Waals surface area contributed by atoms with E-state index in [4.69, 9.17) is 10.2 Å². The Morgan fingerprint density at radius 3 is 2.77 bits per heavy atom. The van der Waals surface area contributed by atoms with Crippen LogP contribution in [0.2, 0.25) is 0 Å². The Morgan fingerprint density at radius 1 is 1.18 bits per heavy atom. The van der Waals surface area contributed by atoms with E-state index in [1.165, 1.54) is 0 Å². The first-order valence-electron chi connectivity index (χ1n) is 7.32. The third-order valence-electron chi connectivity index (χ3n) is 4.02. The van der Waals surface area contributed by atoms with Crippen molar-refractivity contribution in [3.63, 3.8) is 0 Å². The lowest BCUT2D eigenvalue weighted by atomic mass is 10.2. The molecular formula is C16H16N4O2. The average molecular weight is 296 g/mol. The molecule has 3 heterocycles. The molecule has 6 nitrogen and oxygen atoms in total. The maximum absolute atomic E-state index is 12.5. The largest absolute Gasteiger partial charge is 0.454 e. The first kappa shape index (κ1) is 13.1. The highest BCUT2D eigenvalue weighted by Crippen LogP contribution is 2.27. The number of benzene rings is 1. The molecule has 1 aliphatic rings. The van der Waals surface area contributed by atoms with E-state index in [1.54, 1.807) is 12.1 Å². The molecule has 1 aliphatic heterocycles. The Morgan fingerprint density at radius 2 is 1.95 bits per heavy atom. The molecule has 3 N–H and O–H groups in total. The van der Waals surface area contributed by atoms with Gasteiger partial charge in [-0.2, -0.15) is 0 Å². The van der Waals surface area contributed by atoms with Crippen LogP contribution < -0.4 is 21.4 Å². The monoisotopic (exact) mass is 296 g/mol. The van der Waals surface area contributed by atoms with E-state index < -0.39 is 0 Å². The van der Waals surface area contributed by atoms with E-state index in [-0.39, 0.29) is 10.9 Å². The zero-order valence-electron chi connectivity index (χ0n) is 12.0. The first-order valence-corrected chi connectivity index (χ1v) is 7.32. The van der Waals surface area contributed by atoms with Crippen LogP contribution in [0.4, 0.5) is 11.5 Å². The zero-order valence-corrected chi connectivity index (χ0v) is 12.0. The highest BCUT2D eigenvalue weighted by Gasteiger charge is 2.17. The van der Waals surface area contributed by atoms with Crippen molar-refractivity contribution in [3.8, 4) is 0 Å². The van der Waals surface area contributed by atoms with Crippen LogP contribution in [0.3, 0.4) is 0 Å². The van der Waals surface area contributed by atoms with Crippen molar-refractivity contribution in [2.75, 3.05) is 36.8 Å². The van der Waals surface area contributed by atoms with Gasteiger partial charge in [-0.1, -0.05) is 12.1 Å². The van der Waals surface area contributed by atoms with Crippen LogP contribution in [0.5, 0.6) is 0 Å². The van der Waals surface area contributed by atoms with Gasteiger partial charge in [0.25, 0.3) is 0 Å². The number of hydrogen-bond acceptors (Lipinski definition) is 6. The van der Waals surface area contributed by atoms with E-state index in [1.807, 2.05) is 18.2 Å². The minimum atomic E-state index is -0.143. The number of rotatable bonds is 1. The summed E-state index contributed by atoms with van der Waals surface area (Å²) in [5.41, 5.74) is 8.09. The second-order valence-corrected chi connectivity index (χ2v) is 5.40. The Balaban J connectivity index is 1.96. The third kappa shape index (κ3) is 2.00. The normalized spacial score (nSPS) is 15.5. The van der Waals surface area contributed by atoms with Crippen LogP contribution in [0.1, 0.15) is 0 Å². The maximum Gasteiger partial charge on any atom is 0.219 e. The molecule has 3 aromatic rings. The molecule has 0 amide bonds. The molecule has 0 saturated carbocycles. The van der Waals surface area contributed by atoms with Gasteiger partial charge < -0.3 is 20.4 Å². The van der Waals surface area contributed by atoms with Crippen molar-refractivity contribution in [1.29, 1.82) is 0 Å². The Bertz CT molecular complexity index is 913. The van der Waals surface area contributed by atoms with Crippen LogP contribution in [0.25, 0.3) is 22.1 Å². The second kappa shape index (κ2) is 4.99. The average Bonchev–Trinajstić information content (AvgIpc) is 2.56. The predicted molar refractivity (Wildman–Crippen MR) is 87.3 cm³/mol. The minimum Gasteiger partial charge on any atom is -0.454 e. The summed E-state index contributed by atoms with van der Waals surface area (Å²) in [5.74, 6) is 0.372. The number of nitrogens with one attached hydrogen (secondary N) is 1. The van der Waals surface area contributed by atoms with Crippen LogP contribution in [0, 0.1) is 0 Å². The number of nitrogens with two attached hydrogens (primary N) is 1. The van der Waals surface area contributed by atoms with Gasteiger partial charge in [0.2, 0.25) is 5.43 Å². The topological polar surface area (TPSA) is 84.4 Å². The summed E-state index contributed by atoms with van der Waals surface area (Å²) in [4.78, 5) is 19.0. The molecule has 0 atom stereocenters. The first-order chi connectivity index (χ1) is 10.7. The van der Waals surface area contributed by atoms with Gasteiger partial charge in [0, 0.05) is 32.2 Å².